The normalized spacial score (nSPS) is 22.5. The zero-order valence-corrected chi connectivity index (χ0v) is 14.7. The summed E-state index contributed by atoms with van der Waals surface area (Å²) in [6.07, 6.45) is 0. The molecule has 0 spiro atoms. The Balaban J connectivity index is 1.48. The van der Waals surface area contributed by atoms with Gasteiger partial charge >= 0.3 is 0 Å². The Bertz CT molecular complexity index is 540. The minimum atomic E-state index is 0.262. The van der Waals surface area contributed by atoms with Crippen molar-refractivity contribution in [3.63, 3.8) is 0 Å². The second kappa shape index (κ2) is 7.85. The lowest BCUT2D eigenvalue weighted by Crippen LogP contribution is -2.55. The highest BCUT2D eigenvalue weighted by Gasteiger charge is 2.24. The van der Waals surface area contributed by atoms with Crippen LogP contribution in [0.5, 0.6) is 5.75 Å². The van der Waals surface area contributed by atoms with Gasteiger partial charge in [-0.3, -0.25) is 9.69 Å². The highest BCUT2D eigenvalue weighted by molar-refractivity contribution is 5.78. The van der Waals surface area contributed by atoms with Crippen LogP contribution in [0.2, 0.25) is 0 Å². The smallest absolute Gasteiger partial charge is 0.236 e. The molecule has 0 saturated carbocycles. The largest absolute Gasteiger partial charge is 0.497 e. The molecule has 1 unspecified atom stereocenters. The molecule has 2 heterocycles. The molecule has 0 aliphatic carbocycles. The Morgan fingerprint density at radius 3 is 2.50 bits per heavy atom. The molecule has 1 amide bonds. The number of hydrogen-bond donors (Lipinski definition) is 1. The highest BCUT2D eigenvalue weighted by atomic mass is 16.5. The van der Waals surface area contributed by atoms with Crippen LogP contribution in [0.1, 0.15) is 6.92 Å². The van der Waals surface area contributed by atoms with Crippen LogP contribution in [0, 0.1) is 0 Å². The third-order valence-electron chi connectivity index (χ3n) is 4.88. The molecule has 0 radical (unpaired) electrons. The molecule has 2 aliphatic heterocycles. The number of anilines is 1. The van der Waals surface area contributed by atoms with Crippen molar-refractivity contribution >= 4 is 11.6 Å². The molecule has 6 heteroatoms. The second-order valence-corrected chi connectivity index (χ2v) is 6.66. The number of benzene rings is 1. The monoisotopic (exact) mass is 332 g/mol. The summed E-state index contributed by atoms with van der Waals surface area (Å²) in [7, 11) is 1.68. The van der Waals surface area contributed by atoms with Crippen molar-refractivity contribution in [2.75, 3.05) is 64.4 Å². The lowest BCUT2D eigenvalue weighted by atomic mass is 10.2. The van der Waals surface area contributed by atoms with Crippen LogP contribution in [-0.4, -0.2) is 81.2 Å². The van der Waals surface area contributed by atoms with E-state index in [2.05, 4.69) is 34.2 Å². The molecular weight excluding hydrogens is 304 g/mol. The fraction of sp³-hybridized carbons (Fsp3) is 0.611. The van der Waals surface area contributed by atoms with Gasteiger partial charge in [-0.15, -0.1) is 0 Å². The number of carbonyl (C=O) groups excluding carboxylic acids is 1. The lowest BCUT2D eigenvalue weighted by Gasteiger charge is -2.38. The van der Waals surface area contributed by atoms with Crippen LogP contribution in [0.4, 0.5) is 5.69 Å². The van der Waals surface area contributed by atoms with Crippen LogP contribution < -0.4 is 15.0 Å². The SMILES string of the molecule is COc1ccc(N2CCN(C(=O)CN3CCNC(C)C3)CC2)cc1. The molecule has 0 bridgehead atoms. The van der Waals surface area contributed by atoms with Gasteiger partial charge < -0.3 is 19.9 Å². The third-order valence-corrected chi connectivity index (χ3v) is 4.88. The van der Waals surface area contributed by atoms with Crippen molar-refractivity contribution in [1.82, 2.24) is 15.1 Å². The van der Waals surface area contributed by atoms with Crippen LogP contribution in [-0.2, 0) is 4.79 Å². The minimum Gasteiger partial charge on any atom is -0.497 e. The average molecular weight is 332 g/mol. The van der Waals surface area contributed by atoms with Gasteiger partial charge in [0.2, 0.25) is 5.91 Å². The molecule has 1 aromatic carbocycles. The first-order chi connectivity index (χ1) is 11.7. The fourth-order valence-corrected chi connectivity index (χ4v) is 3.45. The fourth-order valence-electron chi connectivity index (χ4n) is 3.45. The molecule has 132 valence electrons. The number of rotatable bonds is 4. The minimum absolute atomic E-state index is 0.262. The maximum absolute atomic E-state index is 12.5. The van der Waals surface area contributed by atoms with Crippen LogP contribution in [0.15, 0.2) is 24.3 Å². The van der Waals surface area contributed by atoms with E-state index in [1.54, 1.807) is 7.11 Å². The Morgan fingerprint density at radius 2 is 1.88 bits per heavy atom. The molecule has 6 nitrogen and oxygen atoms in total. The van der Waals surface area contributed by atoms with E-state index < -0.39 is 0 Å². The summed E-state index contributed by atoms with van der Waals surface area (Å²) in [5, 5.41) is 3.41. The molecule has 2 fully saturated rings. The first kappa shape index (κ1) is 17.0. The van der Waals surface area contributed by atoms with E-state index in [9.17, 15) is 4.79 Å². The van der Waals surface area contributed by atoms with Gasteiger partial charge in [0.25, 0.3) is 0 Å². The summed E-state index contributed by atoms with van der Waals surface area (Å²) in [6.45, 7) is 8.98. The Kier molecular flexibility index (Phi) is 5.58. The highest BCUT2D eigenvalue weighted by Crippen LogP contribution is 2.20. The molecule has 3 rings (SSSR count). The van der Waals surface area contributed by atoms with E-state index in [4.69, 9.17) is 4.74 Å². The summed E-state index contributed by atoms with van der Waals surface area (Å²) in [4.78, 5) is 19.1. The lowest BCUT2D eigenvalue weighted by molar-refractivity contribution is -0.133. The molecule has 1 aromatic rings. The number of piperazine rings is 2. The van der Waals surface area contributed by atoms with E-state index in [0.717, 1.165) is 51.6 Å². The van der Waals surface area contributed by atoms with Crippen LogP contribution in [0.25, 0.3) is 0 Å². The maximum atomic E-state index is 12.5. The summed E-state index contributed by atoms with van der Waals surface area (Å²) < 4.78 is 5.20. The van der Waals surface area contributed by atoms with E-state index in [0.29, 0.717) is 12.6 Å². The third kappa shape index (κ3) is 4.19. The Hall–Kier alpha value is -1.79. The average Bonchev–Trinajstić information content (AvgIpc) is 2.62. The van der Waals surface area contributed by atoms with Gasteiger partial charge in [0.05, 0.1) is 13.7 Å². The molecule has 24 heavy (non-hydrogen) atoms. The van der Waals surface area contributed by atoms with Crippen molar-refractivity contribution in [1.29, 1.82) is 0 Å². The number of nitrogens with zero attached hydrogens (tertiary/aromatic N) is 3. The molecule has 2 saturated heterocycles. The molecule has 0 aromatic heterocycles. The van der Waals surface area contributed by atoms with Gasteiger partial charge in [0, 0.05) is 57.5 Å². The standard InChI is InChI=1S/C18H28N4O2/c1-15-13-20(8-7-19-15)14-18(23)22-11-9-21(10-12-22)16-3-5-17(24-2)6-4-16/h3-6,15,19H,7-14H2,1-2H3. The first-order valence-corrected chi connectivity index (χ1v) is 8.78. The topological polar surface area (TPSA) is 48.1 Å². The van der Waals surface area contributed by atoms with Gasteiger partial charge in [-0.05, 0) is 31.2 Å². The first-order valence-electron chi connectivity index (χ1n) is 8.78. The van der Waals surface area contributed by atoms with Gasteiger partial charge in [0.1, 0.15) is 5.75 Å². The van der Waals surface area contributed by atoms with Crippen LogP contribution in [0.3, 0.4) is 0 Å². The second-order valence-electron chi connectivity index (χ2n) is 6.66. The van der Waals surface area contributed by atoms with Crippen molar-refractivity contribution < 1.29 is 9.53 Å². The predicted molar refractivity (Wildman–Crippen MR) is 95.7 cm³/mol. The summed E-state index contributed by atoms with van der Waals surface area (Å²) >= 11 is 0. The predicted octanol–water partition coefficient (Wildman–Crippen LogP) is 0.638. The zero-order chi connectivity index (χ0) is 16.9. The number of methoxy groups -OCH3 is 1. The molecule has 1 atom stereocenters. The van der Waals surface area contributed by atoms with Gasteiger partial charge in [-0.2, -0.15) is 0 Å². The van der Waals surface area contributed by atoms with Crippen LogP contribution >= 0.6 is 0 Å². The number of amides is 1. The van der Waals surface area contributed by atoms with E-state index >= 15 is 0 Å². The number of hydrogen-bond acceptors (Lipinski definition) is 5. The number of carbonyl (C=O) groups is 1. The van der Waals surface area contributed by atoms with Crippen molar-refractivity contribution in [3.8, 4) is 5.75 Å². The molecule has 2 aliphatic rings. The van der Waals surface area contributed by atoms with Gasteiger partial charge in [-0.1, -0.05) is 0 Å². The number of ether oxygens (including phenoxy) is 1. The summed E-state index contributed by atoms with van der Waals surface area (Å²) in [6, 6.07) is 8.60. The van der Waals surface area contributed by atoms with E-state index in [1.165, 1.54) is 5.69 Å². The van der Waals surface area contributed by atoms with Crippen molar-refractivity contribution in [3.05, 3.63) is 24.3 Å². The molecular formula is C18H28N4O2. The summed E-state index contributed by atoms with van der Waals surface area (Å²) in [5.41, 5.74) is 1.19. The Labute approximate surface area is 144 Å². The van der Waals surface area contributed by atoms with E-state index in [-0.39, 0.29) is 5.91 Å². The zero-order valence-electron chi connectivity index (χ0n) is 14.7. The van der Waals surface area contributed by atoms with Gasteiger partial charge in [0.15, 0.2) is 0 Å². The molecule has 1 N–H and O–H groups in total. The quantitative estimate of drug-likeness (QED) is 0.877. The van der Waals surface area contributed by atoms with E-state index in [1.807, 2.05) is 17.0 Å². The van der Waals surface area contributed by atoms with Crippen molar-refractivity contribution in [2.24, 2.45) is 0 Å². The summed E-state index contributed by atoms with van der Waals surface area (Å²) in [5.74, 6) is 1.14. The van der Waals surface area contributed by atoms with Crippen molar-refractivity contribution in [2.45, 2.75) is 13.0 Å². The Morgan fingerprint density at radius 1 is 1.17 bits per heavy atom. The van der Waals surface area contributed by atoms with Gasteiger partial charge in [-0.25, -0.2) is 0 Å². The number of nitrogens with one attached hydrogen (secondary N) is 1. The maximum Gasteiger partial charge on any atom is 0.236 e.